The van der Waals surface area contributed by atoms with E-state index in [4.69, 9.17) is 14.2 Å². The van der Waals surface area contributed by atoms with Crippen LogP contribution in [-0.2, 0) is 9.53 Å². The van der Waals surface area contributed by atoms with E-state index in [1.165, 1.54) is 26.5 Å². The van der Waals surface area contributed by atoms with Crippen LogP contribution in [-0.4, -0.2) is 38.1 Å². The number of nitrogens with zero attached hydrogens (tertiary/aromatic N) is 1. The van der Waals surface area contributed by atoms with Gasteiger partial charge in [0, 0.05) is 19.4 Å². The highest BCUT2D eigenvalue weighted by Crippen LogP contribution is 2.28. The molecule has 1 aromatic rings. The van der Waals surface area contributed by atoms with Gasteiger partial charge in [-0.1, -0.05) is 0 Å². The van der Waals surface area contributed by atoms with Crippen molar-refractivity contribution in [3.63, 3.8) is 0 Å². The quantitative estimate of drug-likeness (QED) is 0.541. The van der Waals surface area contributed by atoms with Gasteiger partial charge in [0.25, 0.3) is 0 Å². The summed E-state index contributed by atoms with van der Waals surface area (Å²) in [4.78, 5) is 25.9. The topological polar surface area (TPSA) is 74.7 Å². The molecule has 6 heteroatoms. The van der Waals surface area contributed by atoms with Gasteiger partial charge in [0.1, 0.15) is 5.69 Å². The van der Waals surface area contributed by atoms with E-state index in [0.29, 0.717) is 6.29 Å². The van der Waals surface area contributed by atoms with E-state index in [1.807, 2.05) is 0 Å². The van der Waals surface area contributed by atoms with E-state index >= 15 is 0 Å². The molecule has 1 heterocycles. The zero-order valence-electron chi connectivity index (χ0n) is 9.63. The van der Waals surface area contributed by atoms with Crippen LogP contribution in [0.4, 0.5) is 0 Å². The van der Waals surface area contributed by atoms with Gasteiger partial charge in [0.15, 0.2) is 12.0 Å². The molecule has 0 amide bonds. The molecular weight excluding hydrogens is 226 g/mol. The lowest BCUT2D eigenvalue weighted by atomic mass is 10.3. The van der Waals surface area contributed by atoms with Crippen LogP contribution in [0.25, 0.3) is 0 Å². The van der Waals surface area contributed by atoms with Crippen LogP contribution in [0.5, 0.6) is 11.5 Å². The Balaban J connectivity index is 2.87. The van der Waals surface area contributed by atoms with E-state index in [9.17, 15) is 9.59 Å². The molecule has 92 valence electrons. The van der Waals surface area contributed by atoms with Crippen molar-refractivity contribution < 1.29 is 23.8 Å². The van der Waals surface area contributed by atoms with Gasteiger partial charge in [-0.05, 0) is 0 Å². The fourth-order valence-corrected chi connectivity index (χ4v) is 1.14. The molecule has 0 saturated carbocycles. The minimum absolute atomic E-state index is 0.0233. The average molecular weight is 239 g/mol. The van der Waals surface area contributed by atoms with Gasteiger partial charge in [-0.2, -0.15) is 0 Å². The molecule has 17 heavy (non-hydrogen) atoms. The number of carbonyl (C=O) groups excluding carboxylic acids is 2. The highest BCUT2D eigenvalue weighted by molar-refractivity contribution is 5.82. The molecule has 0 aliphatic carbocycles. The summed E-state index contributed by atoms with van der Waals surface area (Å²) >= 11 is 0. The molecule has 1 aromatic heterocycles. The molecule has 0 spiro atoms. The number of esters is 1. The monoisotopic (exact) mass is 239 g/mol. The van der Waals surface area contributed by atoms with E-state index in [0.717, 1.165) is 0 Å². The Morgan fingerprint density at radius 1 is 1.47 bits per heavy atom. The van der Waals surface area contributed by atoms with Crippen LogP contribution in [0, 0.1) is 0 Å². The van der Waals surface area contributed by atoms with Crippen molar-refractivity contribution in [2.24, 2.45) is 0 Å². The maximum atomic E-state index is 11.4. The lowest BCUT2D eigenvalue weighted by Crippen LogP contribution is -2.13. The van der Waals surface area contributed by atoms with Crippen LogP contribution < -0.4 is 9.47 Å². The minimum atomic E-state index is -0.513. The molecule has 0 aliphatic rings. The predicted octanol–water partition coefficient (Wildman–Crippen LogP) is 0.845. The molecule has 0 saturated heterocycles. The van der Waals surface area contributed by atoms with Crippen molar-refractivity contribution in [2.45, 2.75) is 6.42 Å². The minimum Gasteiger partial charge on any atom is -0.493 e. The first-order chi connectivity index (χ1) is 8.22. The van der Waals surface area contributed by atoms with E-state index < -0.39 is 5.97 Å². The predicted molar refractivity (Wildman–Crippen MR) is 58.3 cm³/mol. The number of aromatic nitrogens is 1. The second-order valence-corrected chi connectivity index (χ2v) is 3.06. The van der Waals surface area contributed by atoms with Crippen LogP contribution in [0.2, 0.25) is 0 Å². The first-order valence-electron chi connectivity index (χ1n) is 4.90. The Hall–Kier alpha value is -1.95. The van der Waals surface area contributed by atoms with Gasteiger partial charge in [-0.15, -0.1) is 0 Å². The largest absolute Gasteiger partial charge is 0.493 e. The van der Waals surface area contributed by atoms with Crippen LogP contribution in [0.15, 0.2) is 12.3 Å². The second kappa shape index (κ2) is 6.59. The SMILES string of the molecule is COCCC(=O)Oc1c(OC)ccnc1C=O. The second-order valence-electron chi connectivity index (χ2n) is 3.06. The summed E-state index contributed by atoms with van der Waals surface area (Å²) in [6, 6.07) is 1.51. The Labute approximate surface area is 98.5 Å². The third-order valence-corrected chi connectivity index (χ3v) is 1.95. The van der Waals surface area contributed by atoms with Gasteiger partial charge < -0.3 is 14.2 Å². The van der Waals surface area contributed by atoms with Gasteiger partial charge in [0.05, 0.1) is 20.1 Å². The zero-order chi connectivity index (χ0) is 12.7. The molecule has 0 fully saturated rings. The summed E-state index contributed by atoms with van der Waals surface area (Å²) in [6.45, 7) is 0.248. The van der Waals surface area contributed by atoms with Crippen molar-refractivity contribution in [1.29, 1.82) is 0 Å². The third kappa shape index (κ3) is 3.53. The molecule has 0 N–H and O–H groups in total. The maximum absolute atomic E-state index is 11.4. The summed E-state index contributed by atoms with van der Waals surface area (Å²) < 4.78 is 14.8. The van der Waals surface area contributed by atoms with E-state index in [-0.39, 0.29) is 30.2 Å². The first kappa shape index (κ1) is 13.1. The lowest BCUT2D eigenvalue weighted by Gasteiger charge is -2.09. The van der Waals surface area contributed by atoms with Crippen molar-refractivity contribution in [2.75, 3.05) is 20.8 Å². The zero-order valence-corrected chi connectivity index (χ0v) is 9.63. The lowest BCUT2D eigenvalue weighted by molar-refractivity contribution is -0.135. The first-order valence-corrected chi connectivity index (χ1v) is 4.90. The number of aldehydes is 1. The number of carbonyl (C=O) groups is 2. The van der Waals surface area contributed by atoms with Crippen LogP contribution in [0.3, 0.4) is 0 Å². The summed E-state index contributed by atoms with van der Waals surface area (Å²) in [6.07, 6.45) is 1.99. The molecule has 0 aromatic carbocycles. The number of hydrogen-bond donors (Lipinski definition) is 0. The Morgan fingerprint density at radius 3 is 2.82 bits per heavy atom. The Morgan fingerprint density at radius 2 is 2.24 bits per heavy atom. The normalized spacial score (nSPS) is 9.76. The van der Waals surface area contributed by atoms with Crippen LogP contribution >= 0.6 is 0 Å². The summed E-state index contributed by atoms with van der Waals surface area (Å²) in [5.41, 5.74) is 0.0233. The van der Waals surface area contributed by atoms with E-state index in [1.54, 1.807) is 0 Å². The molecular formula is C11H13NO5. The smallest absolute Gasteiger partial charge is 0.313 e. The van der Waals surface area contributed by atoms with Crippen molar-refractivity contribution in [3.05, 3.63) is 18.0 Å². The highest BCUT2D eigenvalue weighted by atomic mass is 16.6. The van der Waals surface area contributed by atoms with Crippen molar-refractivity contribution in [3.8, 4) is 11.5 Å². The number of methoxy groups -OCH3 is 2. The summed E-state index contributed by atoms with van der Waals surface area (Å²) in [7, 11) is 2.89. The van der Waals surface area contributed by atoms with Gasteiger partial charge in [-0.3, -0.25) is 9.59 Å². The molecule has 0 aliphatic heterocycles. The number of rotatable bonds is 6. The number of hydrogen-bond acceptors (Lipinski definition) is 6. The third-order valence-electron chi connectivity index (χ3n) is 1.95. The standard InChI is InChI=1S/C11H13NO5/c1-15-6-4-10(14)17-11-8(7-13)12-5-3-9(11)16-2/h3,5,7H,4,6H2,1-2H3. The van der Waals surface area contributed by atoms with Gasteiger partial charge >= 0.3 is 5.97 Å². The molecule has 0 atom stereocenters. The molecule has 6 nitrogen and oxygen atoms in total. The maximum Gasteiger partial charge on any atom is 0.313 e. The number of ether oxygens (including phenoxy) is 3. The fourth-order valence-electron chi connectivity index (χ4n) is 1.14. The fraction of sp³-hybridized carbons (Fsp3) is 0.364. The highest BCUT2D eigenvalue weighted by Gasteiger charge is 2.15. The summed E-state index contributed by atoms with van der Waals surface area (Å²) in [5, 5.41) is 0. The molecule has 0 radical (unpaired) electrons. The van der Waals surface area contributed by atoms with Gasteiger partial charge in [-0.25, -0.2) is 4.98 Å². The Kier molecular flexibility index (Phi) is 5.09. The average Bonchev–Trinajstić information content (AvgIpc) is 2.36. The van der Waals surface area contributed by atoms with Crippen molar-refractivity contribution in [1.82, 2.24) is 4.98 Å². The molecule has 1 rings (SSSR count). The van der Waals surface area contributed by atoms with E-state index in [2.05, 4.69) is 4.98 Å². The molecule has 0 unspecified atom stereocenters. The molecule has 0 bridgehead atoms. The Bertz CT molecular complexity index is 405. The van der Waals surface area contributed by atoms with Crippen molar-refractivity contribution >= 4 is 12.3 Å². The number of pyridine rings is 1. The van der Waals surface area contributed by atoms with Crippen LogP contribution in [0.1, 0.15) is 16.9 Å². The summed E-state index contributed by atoms with van der Waals surface area (Å²) in [5.74, 6) is -0.194. The van der Waals surface area contributed by atoms with Gasteiger partial charge in [0.2, 0.25) is 5.75 Å².